The van der Waals surface area contributed by atoms with Crippen LogP contribution in [-0.4, -0.2) is 28.0 Å². The minimum atomic E-state index is -0.811. The summed E-state index contributed by atoms with van der Waals surface area (Å²) >= 11 is 5.71. The number of phenolic OH excluding ortho intramolecular Hbond substituents is 2. The molecule has 0 heterocycles. The molecule has 3 aromatic rings. The highest BCUT2D eigenvalue weighted by atomic mass is 32.1. The summed E-state index contributed by atoms with van der Waals surface area (Å²) in [5.41, 5.74) is 1.54. The summed E-state index contributed by atoms with van der Waals surface area (Å²) < 4.78 is 0. The van der Waals surface area contributed by atoms with Crippen LogP contribution in [0.15, 0.2) is 65.8 Å². The lowest BCUT2D eigenvalue weighted by Crippen LogP contribution is -2.50. The van der Waals surface area contributed by atoms with E-state index in [2.05, 4.69) is 34.7 Å². The molecule has 1 aliphatic rings. The van der Waals surface area contributed by atoms with Crippen molar-refractivity contribution in [2.24, 2.45) is 5.16 Å². The van der Waals surface area contributed by atoms with Gasteiger partial charge in [-0.3, -0.25) is 0 Å². The molecule has 6 heteroatoms. The number of phenols is 2. The van der Waals surface area contributed by atoms with Gasteiger partial charge in [-0.15, -0.1) is 0 Å². The van der Waals surface area contributed by atoms with Crippen LogP contribution in [0.5, 0.6) is 11.5 Å². The van der Waals surface area contributed by atoms with Gasteiger partial charge in [0.1, 0.15) is 18.1 Å². The Bertz CT molecular complexity index is 1140. The summed E-state index contributed by atoms with van der Waals surface area (Å²) in [4.78, 5) is 6.36. The number of hydrogen-bond acceptors (Lipinski definition) is 5. The van der Waals surface area contributed by atoms with E-state index in [0.717, 1.165) is 29.5 Å². The second kappa shape index (κ2) is 8.94. The third-order valence-electron chi connectivity index (χ3n) is 5.98. The predicted octanol–water partition coefficient (Wildman–Crippen LogP) is 5.18. The molecule has 0 saturated heterocycles. The van der Waals surface area contributed by atoms with Crippen LogP contribution < -0.4 is 5.32 Å². The number of thiocarbonyl (C=S) groups is 1. The Kier molecular flexibility index (Phi) is 6.09. The number of nitrogens with one attached hydrogen (secondary N) is 1. The first-order valence-corrected chi connectivity index (χ1v) is 10.9. The van der Waals surface area contributed by atoms with Crippen molar-refractivity contribution in [3.8, 4) is 11.5 Å². The standard InChI is InChI=1S/C25H26N2O3S/c1-26-24(31)25(21-15-20(28)11-12-22(21)29)13-5-4-8-23(25)27-30-16-17-9-10-18-6-2-3-7-19(18)14-17/h2-3,6-7,9-12,14-15,28-29H,4-5,8,13,16H2,1H3,(H,26,31). The van der Waals surface area contributed by atoms with Gasteiger partial charge in [-0.05, 0) is 59.9 Å². The van der Waals surface area contributed by atoms with Gasteiger partial charge < -0.3 is 20.4 Å². The first-order valence-electron chi connectivity index (χ1n) is 10.5. The Morgan fingerprint density at radius 2 is 1.87 bits per heavy atom. The van der Waals surface area contributed by atoms with Crippen molar-refractivity contribution < 1.29 is 15.1 Å². The van der Waals surface area contributed by atoms with E-state index < -0.39 is 5.41 Å². The normalized spacial score (nSPS) is 20.0. The lowest BCUT2D eigenvalue weighted by atomic mass is 9.67. The molecule has 3 aromatic carbocycles. The third-order valence-corrected chi connectivity index (χ3v) is 6.54. The van der Waals surface area contributed by atoms with Crippen LogP contribution in [0.2, 0.25) is 0 Å². The summed E-state index contributed by atoms with van der Waals surface area (Å²) in [6.45, 7) is 0.336. The van der Waals surface area contributed by atoms with Crippen LogP contribution in [0, 0.1) is 0 Å². The van der Waals surface area contributed by atoms with E-state index in [-0.39, 0.29) is 11.5 Å². The molecule has 0 spiro atoms. The highest BCUT2D eigenvalue weighted by Gasteiger charge is 2.45. The van der Waals surface area contributed by atoms with Gasteiger partial charge in [0.2, 0.25) is 0 Å². The molecule has 1 unspecified atom stereocenters. The van der Waals surface area contributed by atoms with Gasteiger partial charge in [-0.1, -0.05) is 60.2 Å². The van der Waals surface area contributed by atoms with E-state index in [1.54, 1.807) is 13.1 Å². The molecule has 0 aromatic heterocycles. The molecule has 0 aliphatic heterocycles. The van der Waals surface area contributed by atoms with Crippen molar-refractivity contribution >= 4 is 33.7 Å². The zero-order valence-corrected chi connectivity index (χ0v) is 18.3. The number of rotatable bonds is 5. The summed E-state index contributed by atoms with van der Waals surface area (Å²) in [5.74, 6) is 0.160. The van der Waals surface area contributed by atoms with Gasteiger partial charge in [0, 0.05) is 12.6 Å². The molecular weight excluding hydrogens is 408 g/mol. The molecule has 1 atom stereocenters. The Morgan fingerprint density at radius 1 is 1.06 bits per heavy atom. The highest BCUT2D eigenvalue weighted by Crippen LogP contribution is 2.43. The lowest BCUT2D eigenvalue weighted by Gasteiger charge is -2.39. The van der Waals surface area contributed by atoms with E-state index in [4.69, 9.17) is 17.1 Å². The van der Waals surface area contributed by atoms with Crippen molar-refractivity contribution in [3.05, 3.63) is 71.8 Å². The van der Waals surface area contributed by atoms with Crippen molar-refractivity contribution in [1.29, 1.82) is 0 Å². The van der Waals surface area contributed by atoms with Crippen LogP contribution in [0.25, 0.3) is 10.8 Å². The highest BCUT2D eigenvalue weighted by molar-refractivity contribution is 7.80. The molecule has 1 aliphatic carbocycles. The molecular formula is C25H26N2O3S. The minimum Gasteiger partial charge on any atom is -0.508 e. The van der Waals surface area contributed by atoms with Crippen molar-refractivity contribution in [2.45, 2.75) is 37.7 Å². The number of likely N-dealkylation sites (N-methyl/N-ethyl adjacent to an activating group) is 1. The SMILES string of the molecule is CNC(=S)C1(c2cc(O)ccc2O)CCCCC1=NOCc1ccc2ccccc2c1. The summed E-state index contributed by atoms with van der Waals surface area (Å²) in [5, 5.41) is 30.7. The topological polar surface area (TPSA) is 74.1 Å². The third kappa shape index (κ3) is 4.08. The zero-order chi connectivity index (χ0) is 21.8. The maximum Gasteiger partial charge on any atom is 0.142 e. The predicted molar refractivity (Wildman–Crippen MR) is 128 cm³/mol. The zero-order valence-electron chi connectivity index (χ0n) is 17.5. The fourth-order valence-electron chi connectivity index (χ4n) is 4.41. The minimum absolute atomic E-state index is 0.0769. The van der Waals surface area contributed by atoms with Gasteiger partial charge in [0.15, 0.2) is 0 Å². The molecule has 4 rings (SSSR count). The Labute approximate surface area is 187 Å². The number of benzene rings is 3. The van der Waals surface area contributed by atoms with Gasteiger partial charge in [-0.25, -0.2) is 0 Å². The number of aromatic hydroxyl groups is 2. The molecule has 3 N–H and O–H groups in total. The second-order valence-corrected chi connectivity index (χ2v) is 8.29. The van der Waals surface area contributed by atoms with Crippen LogP contribution in [0.4, 0.5) is 0 Å². The molecule has 5 nitrogen and oxygen atoms in total. The molecule has 0 amide bonds. The average molecular weight is 435 g/mol. The van der Waals surface area contributed by atoms with Gasteiger partial charge in [0.25, 0.3) is 0 Å². The summed E-state index contributed by atoms with van der Waals surface area (Å²) in [7, 11) is 1.77. The first kappa shape index (κ1) is 21.1. The molecule has 1 saturated carbocycles. The average Bonchev–Trinajstić information content (AvgIpc) is 2.80. The van der Waals surface area contributed by atoms with Crippen LogP contribution in [0.3, 0.4) is 0 Å². The van der Waals surface area contributed by atoms with Crippen molar-refractivity contribution in [3.63, 3.8) is 0 Å². The lowest BCUT2D eigenvalue weighted by molar-refractivity contribution is 0.127. The number of fused-ring (bicyclic) bond motifs is 1. The number of nitrogens with zero attached hydrogens (tertiary/aromatic N) is 1. The fraction of sp³-hybridized carbons (Fsp3) is 0.280. The van der Waals surface area contributed by atoms with Crippen molar-refractivity contribution in [1.82, 2.24) is 5.32 Å². The van der Waals surface area contributed by atoms with Gasteiger partial charge in [-0.2, -0.15) is 0 Å². The van der Waals surface area contributed by atoms with Crippen LogP contribution >= 0.6 is 12.2 Å². The number of oxime groups is 1. The van der Waals surface area contributed by atoms with E-state index >= 15 is 0 Å². The van der Waals surface area contributed by atoms with E-state index in [9.17, 15) is 10.2 Å². The largest absolute Gasteiger partial charge is 0.508 e. The van der Waals surface area contributed by atoms with Gasteiger partial charge in [0.05, 0.1) is 16.1 Å². The summed E-state index contributed by atoms with van der Waals surface area (Å²) in [6.07, 6.45) is 3.28. The van der Waals surface area contributed by atoms with E-state index in [1.165, 1.54) is 17.5 Å². The molecule has 160 valence electrons. The van der Waals surface area contributed by atoms with E-state index in [1.807, 2.05) is 18.2 Å². The Hall–Kier alpha value is -3.12. The van der Waals surface area contributed by atoms with Crippen LogP contribution in [-0.2, 0) is 16.9 Å². The Balaban J connectivity index is 1.67. The van der Waals surface area contributed by atoms with Gasteiger partial charge >= 0.3 is 0 Å². The molecule has 1 fully saturated rings. The molecule has 0 bridgehead atoms. The Morgan fingerprint density at radius 3 is 2.68 bits per heavy atom. The fourth-order valence-corrected chi connectivity index (χ4v) is 4.74. The maximum atomic E-state index is 10.6. The smallest absolute Gasteiger partial charge is 0.142 e. The number of hydrogen-bond donors (Lipinski definition) is 3. The second-order valence-electron chi connectivity index (χ2n) is 7.89. The quantitative estimate of drug-likeness (QED) is 0.293. The van der Waals surface area contributed by atoms with Crippen molar-refractivity contribution in [2.75, 3.05) is 7.05 Å². The maximum absolute atomic E-state index is 10.6. The van der Waals surface area contributed by atoms with E-state index in [0.29, 0.717) is 30.0 Å². The monoisotopic (exact) mass is 434 g/mol. The summed E-state index contributed by atoms with van der Waals surface area (Å²) in [6, 6.07) is 18.9. The first-order chi connectivity index (χ1) is 15.0. The van der Waals surface area contributed by atoms with Crippen LogP contribution in [0.1, 0.15) is 36.8 Å². The molecule has 31 heavy (non-hydrogen) atoms. The molecule has 0 radical (unpaired) electrons.